The van der Waals surface area contributed by atoms with Gasteiger partial charge in [-0.05, 0) is 67.4 Å². The summed E-state index contributed by atoms with van der Waals surface area (Å²) in [6, 6.07) is 16.5. The Hall–Kier alpha value is -4.60. The largest absolute Gasteiger partial charge is 0.487 e. The van der Waals surface area contributed by atoms with Gasteiger partial charge in [0.15, 0.2) is 0 Å². The maximum Gasteiger partial charge on any atom is 0.246 e. The van der Waals surface area contributed by atoms with Gasteiger partial charge in [-0.15, -0.1) is 0 Å². The maximum atomic E-state index is 13.0. The fraction of sp³-hybridized carbons (Fsp3) is 0.235. The molecule has 3 aromatic carbocycles. The van der Waals surface area contributed by atoms with E-state index in [1.54, 1.807) is 37.4 Å². The van der Waals surface area contributed by atoms with E-state index in [1.807, 2.05) is 63.2 Å². The summed E-state index contributed by atoms with van der Waals surface area (Å²) in [5, 5.41) is 6.96. The van der Waals surface area contributed by atoms with Crippen molar-refractivity contribution in [1.29, 1.82) is 0 Å². The van der Waals surface area contributed by atoms with Gasteiger partial charge >= 0.3 is 0 Å². The summed E-state index contributed by atoms with van der Waals surface area (Å²) in [6.45, 7) is 5.03. The number of anilines is 3. The van der Waals surface area contributed by atoms with E-state index in [9.17, 15) is 14.4 Å². The lowest BCUT2D eigenvalue weighted by molar-refractivity contribution is -0.122. The number of benzene rings is 3. The van der Waals surface area contributed by atoms with Crippen LogP contribution in [0.5, 0.6) is 5.75 Å². The Morgan fingerprint density at radius 3 is 2.42 bits per heavy atom. The second-order valence-electron chi connectivity index (χ2n) is 10.7. The van der Waals surface area contributed by atoms with Crippen molar-refractivity contribution in [3.05, 3.63) is 93.1 Å². The van der Waals surface area contributed by atoms with Crippen LogP contribution in [0.1, 0.15) is 29.3 Å². The topological polar surface area (TPSA) is 104 Å². The van der Waals surface area contributed by atoms with Crippen molar-refractivity contribution in [2.24, 2.45) is 0 Å². The summed E-state index contributed by atoms with van der Waals surface area (Å²) in [7, 11) is 5.53. The zero-order valence-electron chi connectivity index (χ0n) is 26.0. The van der Waals surface area contributed by atoms with E-state index >= 15 is 0 Å². The van der Waals surface area contributed by atoms with E-state index in [0.29, 0.717) is 27.7 Å². The number of hydrogen-bond donors (Lipinski definition) is 2. The van der Waals surface area contributed by atoms with Gasteiger partial charge in [-0.1, -0.05) is 41.4 Å². The molecule has 9 nitrogen and oxygen atoms in total. The lowest BCUT2D eigenvalue weighted by Gasteiger charge is -2.21. The van der Waals surface area contributed by atoms with Crippen LogP contribution in [-0.4, -0.2) is 50.4 Å². The number of amides is 3. The number of carbonyl (C=O) groups is 3. The standard InChI is InChI=1S/C34H35Cl2N5O4/c1-20-16-23(10-13-27(20)39-22(3)42)11-15-31(43)37-18-32(44)41(6)28-14-12-26(35)25(33(28)36)19-45-30-9-7-8-24-29(40(4)5)17-21(2)38-34(24)30/h7-17H,18-19H2,1-6H3,(H,37,43)(H,39,42). The number of likely N-dealkylation sites (N-methyl/N-ethyl adjacent to an activating group) is 1. The second-order valence-corrected chi connectivity index (χ2v) is 11.5. The molecule has 3 amide bonds. The van der Waals surface area contributed by atoms with E-state index in [-0.39, 0.29) is 30.0 Å². The SMILES string of the molecule is CC(=O)Nc1ccc(C=CC(=O)NCC(=O)N(C)c2ccc(Cl)c(COc3cccc4c(N(C)C)cc(C)nc34)c2Cl)cc1C. The van der Waals surface area contributed by atoms with Crippen molar-refractivity contribution in [2.45, 2.75) is 27.4 Å². The van der Waals surface area contributed by atoms with E-state index in [0.717, 1.165) is 33.4 Å². The molecule has 45 heavy (non-hydrogen) atoms. The van der Waals surface area contributed by atoms with Gasteiger partial charge in [-0.25, -0.2) is 4.98 Å². The third-order valence-electron chi connectivity index (χ3n) is 7.07. The van der Waals surface area contributed by atoms with Crippen LogP contribution in [0.2, 0.25) is 10.0 Å². The van der Waals surface area contributed by atoms with Gasteiger partial charge in [0.1, 0.15) is 17.9 Å². The summed E-state index contributed by atoms with van der Waals surface area (Å²) < 4.78 is 6.19. The molecule has 0 atom stereocenters. The molecule has 0 radical (unpaired) electrons. The average molecular weight is 649 g/mol. The number of hydrogen-bond acceptors (Lipinski definition) is 6. The fourth-order valence-corrected chi connectivity index (χ4v) is 5.32. The Labute approximate surface area is 272 Å². The Balaban J connectivity index is 1.42. The van der Waals surface area contributed by atoms with Gasteiger partial charge < -0.3 is 25.2 Å². The monoisotopic (exact) mass is 647 g/mol. The number of para-hydroxylation sites is 1. The van der Waals surface area contributed by atoms with Crippen molar-refractivity contribution in [3.8, 4) is 5.75 Å². The highest BCUT2D eigenvalue weighted by molar-refractivity contribution is 6.38. The molecule has 2 N–H and O–H groups in total. The summed E-state index contributed by atoms with van der Waals surface area (Å²) in [5.41, 5.74) is 5.87. The first-order valence-corrected chi connectivity index (χ1v) is 14.9. The third-order valence-corrected chi connectivity index (χ3v) is 7.84. The van der Waals surface area contributed by atoms with Gasteiger partial charge in [-0.3, -0.25) is 14.4 Å². The smallest absolute Gasteiger partial charge is 0.246 e. The Morgan fingerprint density at radius 1 is 0.978 bits per heavy atom. The first-order chi connectivity index (χ1) is 21.3. The normalized spacial score (nSPS) is 11.0. The molecule has 4 aromatic rings. The second kappa shape index (κ2) is 14.5. The van der Waals surface area contributed by atoms with Crippen LogP contribution in [0.3, 0.4) is 0 Å². The van der Waals surface area contributed by atoms with Crippen molar-refractivity contribution in [2.75, 3.05) is 42.8 Å². The zero-order valence-corrected chi connectivity index (χ0v) is 27.5. The third kappa shape index (κ3) is 8.12. The highest BCUT2D eigenvalue weighted by Gasteiger charge is 2.20. The van der Waals surface area contributed by atoms with Crippen LogP contribution in [0, 0.1) is 13.8 Å². The minimum atomic E-state index is -0.437. The van der Waals surface area contributed by atoms with Crippen LogP contribution >= 0.6 is 23.2 Å². The fourth-order valence-electron chi connectivity index (χ4n) is 4.71. The first kappa shape index (κ1) is 33.3. The minimum Gasteiger partial charge on any atom is -0.487 e. The molecule has 0 saturated carbocycles. The maximum absolute atomic E-state index is 13.0. The molecule has 4 rings (SSSR count). The molecule has 0 aliphatic rings. The molecule has 0 aliphatic carbocycles. The molecule has 0 bridgehead atoms. The number of rotatable bonds is 10. The van der Waals surface area contributed by atoms with Crippen molar-refractivity contribution in [3.63, 3.8) is 0 Å². The minimum absolute atomic E-state index is 0.0480. The molecule has 0 fully saturated rings. The number of aryl methyl sites for hydroxylation is 2. The van der Waals surface area contributed by atoms with Gasteiger partial charge in [0.25, 0.3) is 0 Å². The lowest BCUT2D eigenvalue weighted by atomic mass is 10.1. The lowest BCUT2D eigenvalue weighted by Crippen LogP contribution is -2.37. The van der Waals surface area contributed by atoms with E-state index < -0.39 is 5.91 Å². The molecule has 0 saturated heterocycles. The number of nitrogens with one attached hydrogen (secondary N) is 2. The van der Waals surface area contributed by atoms with Crippen LogP contribution in [0.25, 0.3) is 17.0 Å². The number of ether oxygens (including phenoxy) is 1. The van der Waals surface area contributed by atoms with E-state index in [2.05, 4.69) is 10.6 Å². The number of aromatic nitrogens is 1. The molecule has 0 spiro atoms. The summed E-state index contributed by atoms with van der Waals surface area (Å²) in [6.07, 6.45) is 2.97. The van der Waals surface area contributed by atoms with E-state index in [4.69, 9.17) is 32.9 Å². The average Bonchev–Trinajstić information content (AvgIpc) is 2.99. The summed E-state index contributed by atoms with van der Waals surface area (Å²) >= 11 is 13.3. The Morgan fingerprint density at radius 2 is 1.73 bits per heavy atom. The molecule has 0 aliphatic heterocycles. The number of nitrogens with zero attached hydrogens (tertiary/aromatic N) is 3. The molecule has 1 heterocycles. The van der Waals surface area contributed by atoms with Crippen molar-refractivity contribution >= 4 is 75.0 Å². The zero-order chi connectivity index (χ0) is 32.8. The molecule has 234 valence electrons. The molecule has 1 aromatic heterocycles. The highest BCUT2D eigenvalue weighted by atomic mass is 35.5. The molecule has 0 unspecified atom stereocenters. The number of halogens is 2. The van der Waals surface area contributed by atoms with Crippen LogP contribution in [0.4, 0.5) is 17.1 Å². The van der Waals surface area contributed by atoms with Crippen molar-refractivity contribution in [1.82, 2.24) is 10.3 Å². The van der Waals surface area contributed by atoms with Gasteiger partial charge in [0.2, 0.25) is 17.7 Å². The van der Waals surface area contributed by atoms with Crippen LogP contribution in [-0.2, 0) is 21.0 Å². The van der Waals surface area contributed by atoms with Gasteiger partial charge in [0, 0.05) is 67.2 Å². The molecular weight excluding hydrogens is 613 g/mol. The first-order valence-electron chi connectivity index (χ1n) is 14.1. The summed E-state index contributed by atoms with van der Waals surface area (Å²) in [5.74, 6) is -0.399. The predicted octanol–water partition coefficient (Wildman–Crippen LogP) is 6.55. The number of carbonyl (C=O) groups excluding carboxylic acids is 3. The van der Waals surface area contributed by atoms with Crippen LogP contribution in [0.15, 0.2) is 60.7 Å². The molecule has 11 heteroatoms. The Kier molecular flexibility index (Phi) is 10.7. The molecular formula is C34H35Cl2N5O4. The van der Waals surface area contributed by atoms with E-state index in [1.165, 1.54) is 17.9 Å². The van der Waals surface area contributed by atoms with Crippen molar-refractivity contribution < 1.29 is 19.1 Å². The van der Waals surface area contributed by atoms with Crippen LogP contribution < -0.4 is 25.2 Å². The van der Waals surface area contributed by atoms with Gasteiger partial charge in [-0.2, -0.15) is 0 Å². The quantitative estimate of drug-likeness (QED) is 0.189. The summed E-state index contributed by atoms with van der Waals surface area (Å²) in [4.78, 5) is 44.8. The Bertz CT molecular complexity index is 1810. The van der Waals surface area contributed by atoms with Gasteiger partial charge in [0.05, 0.1) is 17.3 Å². The highest BCUT2D eigenvalue weighted by Crippen LogP contribution is 2.36. The predicted molar refractivity (Wildman–Crippen MR) is 183 cm³/mol. The number of pyridine rings is 1. The number of fused-ring (bicyclic) bond motifs is 1.